The van der Waals surface area contributed by atoms with Crippen molar-refractivity contribution in [3.8, 4) is 0 Å². The minimum atomic E-state index is -1.44. The van der Waals surface area contributed by atoms with E-state index in [2.05, 4.69) is 0 Å². The number of ether oxygens (including phenoxy) is 1. The molecule has 68 valence electrons. The third-order valence-corrected chi connectivity index (χ3v) is 0.749. The standard InChI is InChI=1S/C4H10O.C3H6O3.Na/c1-3-5-4-2;1-2(4)3(5)6;/h3-4H2,1-2H3;2,4H,1H3,(H,5,6);/q;;+1/p-1. The number of hydrogen-bond donors (Lipinski definition) is 1. The molecule has 1 unspecified atom stereocenters. The van der Waals surface area contributed by atoms with Gasteiger partial charge >= 0.3 is 29.6 Å². The van der Waals surface area contributed by atoms with Crippen molar-refractivity contribution >= 4 is 5.97 Å². The molecule has 0 radical (unpaired) electrons. The van der Waals surface area contributed by atoms with Crippen molar-refractivity contribution in [2.75, 3.05) is 13.2 Å². The van der Waals surface area contributed by atoms with Crippen LogP contribution in [0, 0.1) is 0 Å². The van der Waals surface area contributed by atoms with E-state index in [1.807, 2.05) is 13.8 Å². The Morgan fingerprint density at radius 2 is 1.75 bits per heavy atom. The van der Waals surface area contributed by atoms with Crippen molar-refractivity contribution < 1.29 is 49.3 Å². The van der Waals surface area contributed by atoms with Gasteiger partial charge in [0.1, 0.15) is 0 Å². The molecule has 5 heteroatoms. The molecular weight excluding hydrogens is 171 g/mol. The number of carboxylic acids is 1. The number of rotatable bonds is 3. The Morgan fingerprint density at radius 3 is 1.75 bits per heavy atom. The molecule has 1 N–H and O–H groups in total. The fourth-order valence-electron chi connectivity index (χ4n) is 0.204. The van der Waals surface area contributed by atoms with E-state index >= 15 is 0 Å². The van der Waals surface area contributed by atoms with Gasteiger partial charge in [-0.25, -0.2) is 0 Å². The molecule has 0 heterocycles. The molecule has 0 aliphatic carbocycles. The van der Waals surface area contributed by atoms with Crippen LogP contribution >= 0.6 is 0 Å². The maximum absolute atomic E-state index is 9.34. The molecule has 0 bridgehead atoms. The van der Waals surface area contributed by atoms with E-state index in [1.165, 1.54) is 0 Å². The molecule has 0 rings (SSSR count). The van der Waals surface area contributed by atoms with Crippen LogP contribution in [0.3, 0.4) is 0 Å². The monoisotopic (exact) mass is 186 g/mol. The first-order valence-corrected chi connectivity index (χ1v) is 3.52. The van der Waals surface area contributed by atoms with E-state index < -0.39 is 12.1 Å². The van der Waals surface area contributed by atoms with E-state index in [0.717, 1.165) is 20.1 Å². The minimum absolute atomic E-state index is 0. The molecule has 0 aromatic heterocycles. The van der Waals surface area contributed by atoms with Gasteiger partial charge in [-0.2, -0.15) is 0 Å². The van der Waals surface area contributed by atoms with Crippen LogP contribution in [0.25, 0.3) is 0 Å². The molecule has 12 heavy (non-hydrogen) atoms. The van der Waals surface area contributed by atoms with Gasteiger partial charge in [0.15, 0.2) is 0 Å². The second-order valence-electron chi connectivity index (χ2n) is 1.78. The number of hydrogen-bond acceptors (Lipinski definition) is 4. The summed E-state index contributed by atoms with van der Waals surface area (Å²) in [6.45, 7) is 6.80. The van der Waals surface area contributed by atoms with Crippen LogP contribution < -0.4 is 34.7 Å². The fourth-order valence-corrected chi connectivity index (χ4v) is 0.204. The molecular formula is C7H15NaO4. The summed E-state index contributed by atoms with van der Waals surface area (Å²) >= 11 is 0. The summed E-state index contributed by atoms with van der Waals surface area (Å²) in [4.78, 5) is 9.34. The van der Waals surface area contributed by atoms with Crippen molar-refractivity contribution in [1.29, 1.82) is 0 Å². The molecule has 0 aliphatic heterocycles. The topological polar surface area (TPSA) is 69.6 Å². The van der Waals surface area contributed by atoms with Crippen LogP contribution in [0.4, 0.5) is 0 Å². The van der Waals surface area contributed by atoms with Gasteiger partial charge in [0.05, 0.1) is 12.1 Å². The smallest absolute Gasteiger partial charge is 0.547 e. The molecule has 0 aromatic rings. The van der Waals surface area contributed by atoms with Gasteiger partial charge in [-0.3, -0.25) is 0 Å². The number of carbonyl (C=O) groups excluding carboxylic acids is 1. The first-order valence-electron chi connectivity index (χ1n) is 3.52. The van der Waals surface area contributed by atoms with Crippen LogP contribution in [0.15, 0.2) is 0 Å². The second kappa shape index (κ2) is 13.9. The largest absolute Gasteiger partial charge is 1.00 e. The van der Waals surface area contributed by atoms with Crippen molar-refractivity contribution in [3.63, 3.8) is 0 Å². The van der Waals surface area contributed by atoms with Gasteiger partial charge in [-0.1, -0.05) is 0 Å². The van der Waals surface area contributed by atoms with Gasteiger partial charge in [0.25, 0.3) is 0 Å². The number of aliphatic carboxylic acids is 1. The maximum atomic E-state index is 9.34. The summed E-state index contributed by atoms with van der Waals surface area (Å²) in [5.41, 5.74) is 0. The van der Waals surface area contributed by atoms with E-state index in [9.17, 15) is 9.90 Å². The summed E-state index contributed by atoms with van der Waals surface area (Å²) in [5.74, 6) is -1.44. The molecule has 0 aromatic carbocycles. The van der Waals surface area contributed by atoms with Gasteiger partial charge < -0.3 is 19.7 Å². The number of carbonyl (C=O) groups is 1. The number of aliphatic hydroxyl groups is 1. The van der Waals surface area contributed by atoms with E-state index in [-0.39, 0.29) is 29.6 Å². The molecule has 0 saturated carbocycles. The van der Waals surface area contributed by atoms with Gasteiger partial charge in [0, 0.05) is 13.2 Å². The summed E-state index contributed by atoms with van der Waals surface area (Å²) in [7, 11) is 0. The molecule has 4 nitrogen and oxygen atoms in total. The quantitative estimate of drug-likeness (QED) is 0.458. The number of aliphatic hydroxyl groups excluding tert-OH is 1. The third-order valence-electron chi connectivity index (χ3n) is 0.749. The molecule has 0 spiro atoms. The summed E-state index contributed by atoms with van der Waals surface area (Å²) < 4.78 is 4.83. The Kier molecular flexibility index (Phi) is 21.2. The van der Waals surface area contributed by atoms with Crippen molar-refractivity contribution in [2.45, 2.75) is 26.9 Å². The van der Waals surface area contributed by atoms with E-state index in [1.54, 1.807) is 0 Å². The molecule has 0 fully saturated rings. The van der Waals surface area contributed by atoms with Gasteiger partial charge in [0.2, 0.25) is 0 Å². The van der Waals surface area contributed by atoms with Crippen LogP contribution in [0.2, 0.25) is 0 Å². The zero-order chi connectivity index (χ0) is 9.28. The van der Waals surface area contributed by atoms with Crippen molar-refractivity contribution in [2.24, 2.45) is 0 Å². The van der Waals surface area contributed by atoms with Crippen LogP contribution in [-0.2, 0) is 9.53 Å². The Bertz CT molecular complexity index is 93.4. The Labute approximate surface area is 95.2 Å². The van der Waals surface area contributed by atoms with Crippen LogP contribution in [0.1, 0.15) is 20.8 Å². The average Bonchev–Trinajstić information content (AvgIpc) is 1.90. The van der Waals surface area contributed by atoms with E-state index in [4.69, 9.17) is 9.84 Å². The number of carboxylic acid groups (broad SMARTS) is 1. The van der Waals surface area contributed by atoms with Crippen LogP contribution in [0.5, 0.6) is 0 Å². The summed E-state index contributed by atoms with van der Waals surface area (Å²) in [6.07, 6.45) is -1.34. The van der Waals surface area contributed by atoms with Gasteiger partial charge in [-0.05, 0) is 20.8 Å². The Hall–Kier alpha value is 0.390. The van der Waals surface area contributed by atoms with Crippen LogP contribution in [-0.4, -0.2) is 30.4 Å². The Balaban J connectivity index is -0.000000126. The minimum Gasteiger partial charge on any atom is -0.547 e. The molecule has 0 aliphatic rings. The fraction of sp³-hybridized carbons (Fsp3) is 0.857. The van der Waals surface area contributed by atoms with Crippen molar-refractivity contribution in [1.82, 2.24) is 0 Å². The van der Waals surface area contributed by atoms with E-state index in [0.29, 0.717) is 0 Å². The molecule has 0 saturated heterocycles. The Morgan fingerprint density at radius 1 is 1.50 bits per heavy atom. The first kappa shape index (κ1) is 18.2. The zero-order valence-electron chi connectivity index (χ0n) is 8.16. The maximum Gasteiger partial charge on any atom is 1.00 e. The first-order chi connectivity index (χ1) is 5.06. The average molecular weight is 186 g/mol. The predicted molar refractivity (Wildman–Crippen MR) is 38.9 cm³/mol. The summed E-state index contributed by atoms with van der Waals surface area (Å²) in [6, 6.07) is 0. The second-order valence-corrected chi connectivity index (χ2v) is 1.78. The van der Waals surface area contributed by atoms with Crippen molar-refractivity contribution in [3.05, 3.63) is 0 Å². The zero-order valence-corrected chi connectivity index (χ0v) is 10.2. The SMILES string of the molecule is CC(O)C(=O)[O-].CCOCC.[Na+]. The predicted octanol–water partition coefficient (Wildman–Crippen LogP) is -3.84. The molecule has 1 atom stereocenters. The van der Waals surface area contributed by atoms with Gasteiger partial charge in [-0.15, -0.1) is 0 Å². The third kappa shape index (κ3) is 22.4. The summed E-state index contributed by atoms with van der Waals surface area (Å²) in [5, 5.41) is 17.3. The molecule has 0 amide bonds. The normalized spacial score (nSPS) is 10.3.